The molecular weight excluding hydrogens is 396 g/mol. The molecule has 0 spiro atoms. The third-order valence-electron chi connectivity index (χ3n) is 3.82. The van der Waals surface area contributed by atoms with Crippen molar-refractivity contribution in [3.8, 4) is 5.75 Å². The first-order valence-corrected chi connectivity index (χ1v) is 9.05. The van der Waals surface area contributed by atoms with Gasteiger partial charge < -0.3 is 4.74 Å². The Labute approximate surface area is 162 Å². The molecule has 0 unspecified atom stereocenters. The summed E-state index contributed by atoms with van der Waals surface area (Å²) in [6, 6.07) is 12.8. The average molecular weight is 419 g/mol. The molecule has 0 atom stereocenters. The molecule has 6 heteroatoms. The van der Waals surface area contributed by atoms with E-state index in [1.807, 2.05) is 31.2 Å². The molecule has 0 saturated heterocycles. The van der Waals surface area contributed by atoms with Gasteiger partial charge in [0, 0.05) is 10.0 Å². The average Bonchev–Trinajstić information content (AvgIpc) is 2.58. The van der Waals surface area contributed by atoms with E-state index in [9.17, 15) is 9.59 Å². The summed E-state index contributed by atoms with van der Waals surface area (Å²) in [5.41, 5.74) is 7.29. The highest BCUT2D eigenvalue weighted by molar-refractivity contribution is 9.10. The van der Waals surface area contributed by atoms with Crippen molar-refractivity contribution < 1.29 is 14.3 Å². The van der Waals surface area contributed by atoms with Gasteiger partial charge in [0.05, 0.1) is 0 Å². The van der Waals surface area contributed by atoms with Crippen molar-refractivity contribution in [2.45, 2.75) is 33.1 Å². The van der Waals surface area contributed by atoms with Crippen molar-refractivity contribution in [1.82, 2.24) is 10.9 Å². The molecule has 5 nitrogen and oxygen atoms in total. The molecule has 0 aliphatic carbocycles. The van der Waals surface area contributed by atoms with Crippen molar-refractivity contribution in [2.75, 3.05) is 6.61 Å². The number of carbonyl (C=O) groups excluding carboxylic acids is 2. The maximum Gasteiger partial charge on any atom is 0.276 e. The Kier molecular flexibility index (Phi) is 6.42. The van der Waals surface area contributed by atoms with Crippen LogP contribution in [0.5, 0.6) is 5.75 Å². The maximum absolute atomic E-state index is 12.1. The minimum absolute atomic E-state index is 0.0196. The molecule has 138 valence electrons. The number of hydrogen-bond acceptors (Lipinski definition) is 3. The van der Waals surface area contributed by atoms with Gasteiger partial charge >= 0.3 is 0 Å². The summed E-state index contributed by atoms with van der Waals surface area (Å²) < 4.78 is 6.40. The topological polar surface area (TPSA) is 67.4 Å². The highest BCUT2D eigenvalue weighted by atomic mass is 79.9. The van der Waals surface area contributed by atoms with Crippen molar-refractivity contribution in [2.24, 2.45) is 0 Å². The molecule has 0 fully saturated rings. The van der Waals surface area contributed by atoms with Crippen LogP contribution in [0.15, 0.2) is 46.9 Å². The summed E-state index contributed by atoms with van der Waals surface area (Å²) in [7, 11) is 0. The van der Waals surface area contributed by atoms with Crippen molar-refractivity contribution in [3.05, 3.63) is 63.6 Å². The first-order valence-electron chi connectivity index (χ1n) is 8.25. The van der Waals surface area contributed by atoms with Crippen LogP contribution in [0.1, 0.15) is 42.3 Å². The van der Waals surface area contributed by atoms with Gasteiger partial charge in [0.1, 0.15) is 5.75 Å². The van der Waals surface area contributed by atoms with Crippen LogP contribution in [0.2, 0.25) is 0 Å². The van der Waals surface area contributed by atoms with E-state index in [0.29, 0.717) is 11.3 Å². The summed E-state index contributed by atoms with van der Waals surface area (Å²) in [5, 5.41) is 0. The smallest absolute Gasteiger partial charge is 0.276 e. The Bertz CT molecular complexity index is 796. The van der Waals surface area contributed by atoms with Crippen LogP contribution in [0, 0.1) is 6.92 Å². The minimum atomic E-state index is -0.438. The zero-order valence-electron chi connectivity index (χ0n) is 15.4. The van der Waals surface area contributed by atoms with Gasteiger partial charge in [-0.05, 0) is 53.8 Å². The maximum atomic E-state index is 12.1. The fourth-order valence-corrected chi connectivity index (χ4v) is 2.75. The third-order valence-corrected chi connectivity index (χ3v) is 4.32. The number of benzene rings is 2. The van der Waals surface area contributed by atoms with Crippen LogP contribution in [-0.4, -0.2) is 18.4 Å². The molecule has 0 radical (unpaired) electrons. The van der Waals surface area contributed by atoms with Crippen molar-refractivity contribution >= 4 is 27.7 Å². The molecule has 0 aliphatic rings. The number of ether oxygens (including phenoxy) is 1. The standard InChI is InChI=1S/C20H23BrN2O3/c1-13-11-16(21)9-10-17(13)26-12-18(24)22-23-19(25)14-5-7-15(8-6-14)20(2,3)4/h5-11H,12H2,1-4H3,(H,22,24)(H,23,25). The molecule has 0 aromatic heterocycles. The zero-order valence-corrected chi connectivity index (χ0v) is 16.9. The molecule has 2 N–H and O–H groups in total. The lowest BCUT2D eigenvalue weighted by Gasteiger charge is -2.19. The predicted octanol–water partition coefficient (Wildman–Crippen LogP) is 3.90. The summed E-state index contributed by atoms with van der Waals surface area (Å²) in [6.45, 7) is 8.02. The molecular formula is C20H23BrN2O3. The monoisotopic (exact) mass is 418 g/mol. The number of carbonyl (C=O) groups is 2. The largest absolute Gasteiger partial charge is 0.483 e. The number of halogens is 1. The van der Waals surface area contributed by atoms with Gasteiger partial charge in [-0.1, -0.05) is 48.8 Å². The summed E-state index contributed by atoms with van der Waals surface area (Å²) >= 11 is 3.37. The molecule has 0 bridgehead atoms. The van der Waals surface area contributed by atoms with Crippen LogP contribution >= 0.6 is 15.9 Å². The van der Waals surface area contributed by atoms with E-state index in [1.165, 1.54) is 0 Å². The Balaban J connectivity index is 1.84. The van der Waals surface area contributed by atoms with Crippen LogP contribution in [0.4, 0.5) is 0 Å². The van der Waals surface area contributed by atoms with Crippen molar-refractivity contribution in [3.63, 3.8) is 0 Å². The molecule has 2 rings (SSSR count). The van der Waals surface area contributed by atoms with Gasteiger partial charge in [-0.3, -0.25) is 20.4 Å². The van der Waals surface area contributed by atoms with Crippen LogP contribution in [-0.2, 0) is 10.2 Å². The van der Waals surface area contributed by atoms with E-state index < -0.39 is 5.91 Å². The minimum Gasteiger partial charge on any atom is -0.483 e. The van der Waals surface area contributed by atoms with E-state index in [1.54, 1.807) is 18.2 Å². The number of hydrogen-bond donors (Lipinski definition) is 2. The molecule has 0 heterocycles. The van der Waals surface area contributed by atoms with E-state index >= 15 is 0 Å². The van der Waals surface area contributed by atoms with Gasteiger partial charge in [0.25, 0.3) is 11.8 Å². The lowest BCUT2D eigenvalue weighted by molar-refractivity contribution is -0.123. The number of rotatable bonds is 4. The summed E-state index contributed by atoms with van der Waals surface area (Å²) in [5.74, 6) is -0.196. The molecule has 0 aliphatic heterocycles. The number of hydrazine groups is 1. The number of aryl methyl sites for hydroxylation is 1. The highest BCUT2D eigenvalue weighted by Crippen LogP contribution is 2.22. The Hall–Kier alpha value is -2.34. The molecule has 26 heavy (non-hydrogen) atoms. The van der Waals surface area contributed by atoms with Gasteiger partial charge in [-0.2, -0.15) is 0 Å². The van der Waals surface area contributed by atoms with E-state index in [-0.39, 0.29) is 17.9 Å². The predicted molar refractivity (Wildman–Crippen MR) is 105 cm³/mol. The van der Waals surface area contributed by atoms with Crippen LogP contribution < -0.4 is 15.6 Å². The first kappa shape index (κ1) is 20.0. The highest BCUT2D eigenvalue weighted by Gasteiger charge is 2.14. The van der Waals surface area contributed by atoms with E-state index in [4.69, 9.17) is 4.74 Å². The quantitative estimate of drug-likeness (QED) is 0.739. The molecule has 2 aromatic carbocycles. The zero-order chi connectivity index (χ0) is 19.3. The van der Waals surface area contributed by atoms with E-state index in [2.05, 4.69) is 47.6 Å². The van der Waals surface area contributed by atoms with Crippen LogP contribution in [0.3, 0.4) is 0 Å². The van der Waals surface area contributed by atoms with E-state index in [0.717, 1.165) is 15.6 Å². The van der Waals surface area contributed by atoms with Crippen LogP contribution in [0.25, 0.3) is 0 Å². The lowest BCUT2D eigenvalue weighted by atomic mass is 9.87. The first-order chi connectivity index (χ1) is 12.2. The van der Waals surface area contributed by atoms with Crippen molar-refractivity contribution in [1.29, 1.82) is 0 Å². The fraction of sp³-hybridized carbons (Fsp3) is 0.300. The molecule has 2 amide bonds. The Morgan fingerprint density at radius 2 is 1.69 bits per heavy atom. The summed E-state index contributed by atoms with van der Waals surface area (Å²) in [4.78, 5) is 24.0. The normalized spacial score (nSPS) is 11.0. The summed E-state index contributed by atoms with van der Waals surface area (Å²) in [6.07, 6.45) is 0. The van der Waals surface area contributed by atoms with Gasteiger partial charge in [0.2, 0.25) is 0 Å². The second kappa shape index (κ2) is 8.36. The number of nitrogens with one attached hydrogen (secondary N) is 2. The number of amides is 2. The van der Waals surface area contributed by atoms with Gasteiger partial charge in [0.15, 0.2) is 6.61 Å². The Morgan fingerprint density at radius 1 is 1.04 bits per heavy atom. The fourth-order valence-electron chi connectivity index (χ4n) is 2.27. The molecule has 0 saturated carbocycles. The second-order valence-corrected chi connectivity index (χ2v) is 7.94. The SMILES string of the molecule is Cc1cc(Br)ccc1OCC(=O)NNC(=O)c1ccc(C(C)(C)C)cc1. The molecule has 2 aromatic rings. The van der Waals surface area contributed by atoms with Gasteiger partial charge in [-0.25, -0.2) is 0 Å². The van der Waals surface area contributed by atoms with Gasteiger partial charge in [-0.15, -0.1) is 0 Å². The lowest BCUT2D eigenvalue weighted by Crippen LogP contribution is -2.43. The second-order valence-electron chi connectivity index (χ2n) is 7.03. The Morgan fingerprint density at radius 3 is 2.27 bits per heavy atom. The third kappa shape index (κ3) is 5.59.